The predicted molar refractivity (Wildman–Crippen MR) is 73.5 cm³/mol. The van der Waals surface area contributed by atoms with E-state index in [9.17, 15) is 5.11 Å². The third-order valence-corrected chi connectivity index (χ3v) is 5.00. The summed E-state index contributed by atoms with van der Waals surface area (Å²) in [5.74, 6) is 1.71. The molecule has 98 valence electrons. The maximum Gasteiger partial charge on any atom is 0.0586 e. The summed E-state index contributed by atoms with van der Waals surface area (Å²) in [4.78, 5) is 2.33. The van der Waals surface area contributed by atoms with E-state index in [1.165, 1.54) is 18.4 Å². The minimum atomic E-state index is -0.0869. The van der Waals surface area contributed by atoms with Crippen LogP contribution in [0.1, 0.15) is 30.7 Å². The second-order valence-corrected chi connectivity index (χ2v) is 6.20. The molecule has 4 rings (SSSR count). The van der Waals surface area contributed by atoms with Crippen molar-refractivity contribution in [3.63, 3.8) is 0 Å². The fraction of sp³-hybridized carbons (Fsp3) is 0.625. The van der Waals surface area contributed by atoms with Crippen molar-refractivity contribution >= 4 is 0 Å². The van der Waals surface area contributed by atoms with Gasteiger partial charge in [-0.25, -0.2) is 0 Å². The molecule has 0 spiro atoms. The number of aliphatic hydroxyl groups is 1. The Kier molecular flexibility index (Phi) is 3.16. The predicted octanol–water partition coefficient (Wildman–Crippen LogP) is 2.49. The zero-order chi connectivity index (χ0) is 12.7. The van der Waals surface area contributed by atoms with Crippen molar-refractivity contribution in [3.8, 4) is 0 Å². The van der Waals surface area contributed by atoms with Crippen molar-refractivity contribution in [3.05, 3.63) is 35.9 Å². The summed E-state index contributed by atoms with van der Waals surface area (Å²) in [6.07, 6.45) is 3.38. The van der Waals surface area contributed by atoms with Crippen LogP contribution in [0.5, 0.6) is 0 Å². The molecule has 3 aliphatic rings. The molecule has 2 bridgehead atoms. The van der Waals surface area contributed by atoms with Gasteiger partial charge >= 0.3 is 0 Å². The topological polar surface area (TPSA) is 23.5 Å². The molecule has 1 aromatic carbocycles. The minimum Gasteiger partial charge on any atom is -0.393 e. The lowest BCUT2D eigenvalue weighted by atomic mass is 9.58. The monoisotopic (exact) mass is 245 g/mol. The molecule has 1 N–H and O–H groups in total. The Balaban J connectivity index is 1.97. The molecule has 2 nitrogen and oxygen atoms in total. The van der Waals surface area contributed by atoms with Gasteiger partial charge in [0.1, 0.15) is 0 Å². The van der Waals surface area contributed by atoms with Crippen LogP contribution in [0.15, 0.2) is 30.3 Å². The van der Waals surface area contributed by atoms with Crippen LogP contribution in [0, 0.1) is 11.8 Å². The number of hydrogen-bond donors (Lipinski definition) is 1. The van der Waals surface area contributed by atoms with E-state index in [0.29, 0.717) is 23.8 Å². The molecule has 5 atom stereocenters. The molecule has 0 amide bonds. The number of benzene rings is 1. The minimum absolute atomic E-state index is 0.0869. The normalized spacial score (nSPS) is 39.2. The second kappa shape index (κ2) is 4.67. The lowest BCUT2D eigenvalue weighted by Crippen LogP contribution is -2.55. The largest absolute Gasteiger partial charge is 0.393 e. The zero-order valence-electron chi connectivity index (χ0n) is 11.3. The Labute approximate surface area is 110 Å². The quantitative estimate of drug-likeness (QED) is 0.865. The summed E-state index contributed by atoms with van der Waals surface area (Å²) in [7, 11) is 4.32. The van der Waals surface area contributed by atoms with Crippen LogP contribution in [0.3, 0.4) is 0 Å². The molecule has 0 saturated heterocycles. The molecular formula is C16H23NO. The highest BCUT2D eigenvalue weighted by molar-refractivity contribution is 5.25. The molecule has 18 heavy (non-hydrogen) atoms. The van der Waals surface area contributed by atoms with Crippen LogP contribution in [0.4, 0.5) is 0 Å². The molecule has 2 heteroatoms. The van der Waals surface area contributed by atoms with E-state index >= 15 is 0 Å². The second-order valence-electron chi connectivity index (χ2n) is 6.20. The number of rotatable bonds is 2. The number of hydrogen-bond acceptors (Lipinski definition) is 2. The molecule has 0 heterocycles. The maximum atomic E-state index is 10.3. The van der Waals surface area contributed by atoms with Gasteiger partial charge in [0.25, 0.3) is 0 Å². The standard InChI is InChI=1S/C16H23NO/c1-17(2)16-13-9-8-12(10-14(13)18)15(16)11-6-4-3-5-7-11/h3-7,12-16,18H,8-10H2,1-2H3/t12-,13+,14+,15-,16-/m0/s1. The number of nitrogens with zero attached hydrogens (tertiary/aromatic N) is 1. The van der Waals surface area contributed by atoms with Crippen molar-refractivity contribution in [2.45, 2.75) is 37.3 Å². The third kappa shape index (κ3) is 1.88. The molecule has 0 radical (unpaired) electrons. The van der Waals surface area contributed by atoms with Crippen molar-refractivity contribution in [1.82, 2.24) is 4.90 Å². The molecule has 1 aromatic rings. The van der Waals surface area contributed by atoms with Gasteiger partial charge in [-0.3, -0.25) is 0 Å². The Morgan fingerprint density at radius 3 is 2.44 bits per heavy atom. The highest BCUT2D eigenvalue weighted by atomic mass is 16.3. The summed E-state index contributed by atoms with van der Waals surface area (Å²) < 4.78 is 0. The summed E-state index contributed by atoms with van der Waals surface area (Å²) in [6, 6.07) is 11.4. The Bertz CT molecular complexity index is 403. The third-order valence-electron chi connectivity index (χ3n) is 5.00. The first-order valence-corrected chi connectivity index (χ1v) is 7.08. The van der Waals surface area contributed by atoms with Gasteiger partial charge in [0.05, 0.1) is 6.10 Å². The fourth-order valence-electron chi connectivity index (χ4n) is 4.32. The van der Waals surface area contributed by atoms with E-state index in [1.807, 2.05) is 0 Å². The van der Waals surface area contributed by atoms with Gasteiger partial charge in [0, 0.05) is 17.9 Å². The summed E-state index contributed by atoms with van der Waals surface area (Å²) in [6.45, 7) is 0. The first-order chi connectivity index (χ1) is 8.68. The Morgan fingerprint density at radius 2 is 1.83 bits per heavy atom. The first kappa shape index (κ1) is 12.2. The van der Waals surface area contributed by atoms with Crippen LogP contribution in [0.2, 0.25) is 0 Å². The van der Waals surface area contributed by atoms with Crippen molar-refractivity contribution in [2.75, 3.05) is 14.1 Å². The molecule has 0 aliphatic heterocycles. The summed E-state index contributed by atoms with van der Waals surface area (Å²) >= 11 is 0. The molecule has 3 saturated carbocycles. The van der Waals surface area contributed by atoms with Crippen LogP contribution >= 0.6 is 0 Å². The summed E-state index contributed by atoms with van der Waals surface area (Å²) in [5, 5.41) is 10.3. The SMILES string of the molecule is CN(C)[C@H]1[C@@H]2CC[C@@H](C[C@H]2O)[C@@H]1c1ccccc1. The van der Waals surface area contributed by atoms with Gasteiger partial charge in [0.2, 0.25) is 0 Å². The van der Waals surface area contributed by atoms with Crippen LogP contribution in [0.25, 0.3) is 0 Å². The molecule has 3 aliphatic carbocycles. The van der Waals surface area contributed by atoms with Gasteiger partial charge in [-0.15, -0.1) is 0 Å². The van der Waals surface area contributed by atoms with Gasteiger partial charge in [0.15, 0.2) is 0 Å². The molecular weight excluding hydrogens is 222 g/mol. The number of likely N-dealkylation sites (N-methyl/N-ethyl adjacent to an activating group) is 1. The van der Waals surface area contributed by atoms with E-state index in [1.54, 1.807) is 0 Å². The van der Waals surface area contributed by atoms with Gasteiger partial charge < -0.3 is 10.0 Å². The Morgan fingerprint density at radius 1 is 1.11 bits per heavy atom. The molecule has 0 aromatic heterocycles. The summed E-state index contributed by atoms with van der Waals surface area (Å²) in [5.41, 5.74) is 1.46. The number of aliphatic hydroxyl groups excluding tert-OH is 1. The van der Waals surface area contributed by atoms with Crippen molar-refractivity contribution in [2.24, 2.45) is 11.8 Å². The highest BCUT2D eigenvalue weighted by Gasteiger charge is 2.49. The lowest BCUT2D eigenvalue weighted by molar-refractivity contribution is -0.0620. The van der Waals surface area contributed by atoms with Crippen LogP contribution < -0.4 is 0 Å². The van der Waals surface area contributed by atoms with Crippen molar-refractivity contribution in [1.29, 1.82) is 0 Å². The van der Waals surface area contributed by atoms with Crippen molar-refractivity contribution < 1.29 is 5.11 Å². The highest BCUT2D eigenvalue weighted by Crippen LogP contribution is 2.51. The van der Waals surface area contributed by atoms with Crippen LogP contribution in [-0.4, -0.2) is 36.2 Å². The maximum absolute atomic E-state index is 10.3. The van der Waals surface area contributed by atoms with Gasteiger partial charge in [-0.2, -0.15) is 0 Å². The van der Waals surface area contributed by atoms with E-state index in [4.69, 9.17) is 0 Å². The molecule has 0 unspecified atom stereocenters. The Hall–Kier alpha value is -0.860. The van der Waals surface area contributed by atoms with Gasteiger partial charge in [-0.1, -0.05) is 30.3 Å². The smallest absolute Gasteiger partial charge is 0.0586 e. The average Bonchev–Trinajstić information content (AvgIpc) is 2.39. The lowest BCUT2D eigenvalue weighted by Gasteiger charge is -2.53. The van der Waals surface area contributed by atoms with E-state index < -0.39 is 0 Å². The molecule has 3 fully saturated rings. The first-order valence-electron chi connectivity index (χ1n) is 7.08. The van der Waals surface area contributed by atoms with E-state index in [-0.39, 0.29) is 6.10 Å². The van der Waals surface area contributed by atoms with E-state index in [2.05, 4.69) is 49.3 Å². The fourth-order valence-corrected chi connectivity index (χ4v) is 4.32. The average molecular weight is 245 g/mol. The van der Waals surface area contributed by atoms with Crippen LogP contribution in [-0.2, 0) is 0 Å². The van der Waals surface area contributed by atoms with Gasteiger partial charge in [-0.05, 0) is 44.8 Å². The zero-order valence-corrected chi connectivity index (χ0v) is 11.3. The number of fused-ring (bicyclic) bond motifs is 3. The van der Waals surface area contributed by atoms with E-state index in [0.717, 1.165) is 6.42 Å².